The number of imide groups is 1. The lowest BCUT2D eigenvalue weighted by atomic mass is 10.4. The van der Waals surface area contributed by atoms with Gasteiger partial charge in [0, 0.05) is 45.2 Å². The fourth-order valence-electron chi connectivity index (χ4n) is 3.21. The SMILES string of the molecule is [2H]C([2H])([2H])[13C]([2H])([2H])[13CH2][13CH]1[13CH2][13CH2][13CH2]N1CC(=O)NCCC(=O)[15NH][13CH2][13CH2][13C](=O)ON1C(=O)CCC1=O. The molecule has 0 aromatic rings. The number of nitrogens with one attached hydrogen (secondary N) is 2. The molecule has 2 saturated heterocycles. The predicted molar refractivity (Wildman–Crippen MR) is 102 cm³/mol. The largest absolute Gasteiger partial charge is 0.355 e. The van der Waals surface area contributed by atoms with Crippen LogP contribution in [-0.4, -0.2) is 71.8 Å². The van der Waals surface area contributed by atoms with Crippen molar-refractivity contribution >= 4 is 29.6 Å². The molecule has 2 N–H and O–H groups in total. The first kappa shape index (κ1) is 16.3. The maximum Gasteiger partial charge on any atom is 0.334 e. The normalized spacial score (nSPS) is 23.0. The van der Waals surface area contributed by atoms with Gasteiger partial charge in [-0.05, 0) is 25.8 Å². The van der Waals surface area contributed by atoms with Gasteiger partial charge in [-0.15, -0.1) is 5.06 Å². The molecule has 2 heterocycles. The van der Waals surface area contributed by atoms with E-state index in [2.05, 4.69) is 15.5 Å². The van der Waals surface area contributed by atoms with E-state index in [9.17, 15) is 24.0 Å². The molecule has 2 aliphatic heterocycles. The van der Waals surface area contributed by atoms with Crippen LogP contribution in [0.1, 0.15) is 65.0 Å². The minimum Gasteiger partial charge on any atom is -0.355 e. The zero-order valence-electron chi connectivity index (χ0n) is 21.2. The molecule has 0 spiro atoms. The molecule has 1 unspecified atom stereocenters. The van der Waals surface area contributed by atoms with Crippen molar-refractivity contribution in [1.29, 1.82) is 0 Å². The number of hydrogen-bond acceptors (Lipinski definition) is 7. The maximum absolute atomic E-state index is 12.2. The molecule has 2 aliphatic rings. The van der Waals surface area contributed by atoms with Crippen molar-refractivity contribution < 1.29 is 35.7 Å². The van der Waals surface area contributed by atoms with Crippen LogP contribution in [0.3, 0.4) is 0 Å². The van der Waals surface area contributed by atoms with E-state index >= 15 is 0 Å². The number of rotatable bonds is 11. The lowest BCUT2D eigenvalue weighted by Crippen LogP contribution is -2.41. The zero-order valence-corrected chi connectivity index (χ0v) is 16.2. The van der Waals surface area contributed by atoms with Crippen LogP contribution in [0.4, 0.5) is 0 Å². The van der Waals surface area contributed by atoms with Crippen LogP contribution in [0.25, 0.3) is 0 Å². The molecule has 10 nitrogen and oxygen atoms in total. The van der Waals surface area contributed by atoms with E-state index in [1.807, 2.05) is 0 Å². The minimum absolute atomic E-state index is 0.00947. The molecule has 29 heavy (non-hydrogen) atoms. The van der Waals surface area contributed by atoms with Gasteiger partial charge in [-0.3, -0.25) is 24.1 Å². The van der Waals surface area contributed by atoms with Gasteiger partial charge in [0.1, 0.15) is 0 Å². The smallest absolute Gasteiger partial charge is 0.334 e. The highest BCUT2D eigenvalue weighted by Gasteiger charge is 2.32. The molecule has 10 heteroatoms. The van der Waals surface area contributed by atoms with Gasteiger partial charge in [0.05, 0.1) is 13.0 Å². The molecular formula is C19H30N4O6. The van der Waals surface area contributed by atoms with Crippen molar-refractivity contribution in [2.45, 2.75) is 64.2 Å². The van der Waals surface area contributed by atoms with Gasteiger partial charge in [-0.1, -0.05) is 13.2 Å². The first-order valence-corrected chi connectivity index (χ1v) is 9.64. The molecule has 2 fully saturated rings. The molecule has 0 aromatic carbocycles. The third kappa shape index (κ3) is 7.45. The van der Waals surface area contributed by atoms with Crippen LogP contribution in [0.2, 0.25) is 0 Å². The third-order valence-electron chi connectivity index (χ3n) is 4.71. The average Bonchev–Trinajstić information content (AvgIpc) is 3.27. The van der Waals surface area contributed by atoms with Crippen LogP contribution >= 0.6 is 0 Å². The summed E-state index contributed by atoms with van der Waals surface area (Å²) in [5, 5.41) is 5.49. The summed E-state index contributed by atoms with van der Waals surface area (Å²) in [5.74, 6) is -2.80. The Morgan fingerprint density at radius 2 is 1.83 bits per heavy atom. The van der Waals surface area contributed by atoms with Crippen LogP contribution in [0.5, 0.6) is 0 Å². The van der Waals surface area contributed by atoms with Gasteiger partial charge in [-0.2, -0.15) is 0 Å². The summed E-state index contributed by atoms with van der Waals surface area (Å²) in [5.41, 5.74) is 0. The summed E-state index contributed by atoms with van der Waals surface area (Å²) >= 11 is 0. The van der Waals surface area contributed by atoms with Crippen LogP contribution in [-0.2, 0) is 28.8 Å². The summed E-state index contributed by atoms with van der Waals surface area (Å²) in [7, 11) is 0. The van der Waals surface area contributed by atoms with Gasteiger partial charge in [-0.25, -0.2) is 4.79 Å². The van der Waals surface area contributed by atoms with E-state index in [-0.39, 0.29) is 63.7 Å². The minimum atomic E-state index is -2.74. The number of carbonyl (C=O) groups is 5. The van der Waals surface area contributed by atoms with Crippen molar-refractivity contribution in [2.75, 3.05) is 26.2 Å². The van der Waals surface area contributed by atoms with Crippen LogP contribution in [0, 0.1) is 0 Å². The molecule has 0 aromatic heterocycles. The number of nitrogens with zero attached hydrogens (tertiary/aromatic N) is 2. The predicted octanol–water partition coefficient (Wildman–Crippen LogP) is -0.129. The Kier molecular flexibility index (Phi) is 6.47. The Morgan fingerprint density at radius 3 is 2.55 bits per heavy atom. The van der Waals surface area contributed by atoms with E-state index in [0.717, 1.165) is 6.42 Å². The molecule has 4 amide bonds. The molecule has 0 saturated carbocycles. The van der Waals surface area contributed by atoms with Gasteiger partial charge in [0.15, 0.2) is 0 Å². The highest BCUT2D eigenvalue weighted by Crippen LogP contribution is 2.20. The van der Waals surface area contributed by atoms with E-state index in [1.54, 1.807) is 4.90 Å². The van der Waals surface area contributed by atoms with E-state index in [4.69, 9.17) is 6.85 Å². The van der Waals surface area contributed by atoms with Gasteiger partial charge in [0.25, 0.3) is 11.8 Å². The molecule has 2 rings (SSSR count). The first-order valence-electron chi connectivity index (χ1n) is 12.1. The van der Waals surface area contributed by atoms with Gasteiger partial charge in [0.2, 0.25) is 11.8 Å². The van der Waals surface area contributed by atoms with Crippen LogP contribution < -0.4 is 10.6 Å². The fourth-order valence-corrected chi connectivity index (χ4v) is 3.21. The molecular weight excluding hydrogens is 390 g/mol. The molecule has 1 atom stereocenters. The van der Waals surface area contributed by atoms with E-state index in [0.29, 0.717) is 18.0 Å². The van der Waals surface area contributed by atoms with E-state index in [1.165, 1.54) is 0 Å². The van der Waals surface area contributed by atoms with E-state index < -0.39 is 36.9 Å². The number of hydroxylamine groups is 2. The standard InChI is InChI=1S/C19H30N4O6/c1-2-4-14-5-3-12-22(14)13-16(25)21-10-8-15(24)20-11-9-19(28)29-23-17(26)6-7-18(23)27/h14H,2-13H2,1H3,(H,20,24)(H,21,25)/i1D3,2+1D2,3+1,4+1,5+1,9+1,11+1,12+1,14+1,19+1,20+1. The first-order chi connectivity index (χ1) is 15.8. The van der Waals surface area contributed by atoms with Gasteiger partial charge >= 0.3 is 5.97 Å². The summed E-state index contributed by atoms with van der Waals surface area (Å²) in [6, 6.07) is -0.352. The second-order valence-electron chi connectivity index (χ2n) is 6.89. The van der Waals surface area contributed by atoms with Crippen molar-refractivity contribution in [2.24, 2.45) is 0 Å². The highest BCUT2D eigenvalue weighted by molar-refractivity contribution is 6.01. The third-order valence-corrected chi connectivity index (χ3v) is 4.71. The van der Waals surface area contributed by atoms with Crippen molar-refractivity contribution in [3.8, 4) is 0 Å². The highest BCUT2D eigenvalue weighted by atomic mass is 16.8. The number of carbonyl (C=O) groups excluding carboxylic acids is 5. The Balaban J connectivity index is 1.62. The van der Waals surface area contributed by atoms with Crippen molar-refractivity contribution in [3.05, 3.63) is 0 Å². The second kappa shape index (κ2) is 11.5. The second-order valence-corrected chi connectivity index (χ2v) is 6.89. The fraction of sp³-hybridized carbons (Fsp3) is 0.737. The summed E-state index contributed by atoms with van der Waals surface area (Å²) in [6.45, 7) is -2.23. The topological polar surface area (TPSA) is 125 Å². The maximum atomic E-state index is 12.2. The molecule has 162 valence electrons. The lowest BCUT2D eigenvalue weighted by Gasteiger charge is -2.23. The molecule has 0 bridgehead atoms. The van der Waals surface area contributed by atoms with Crippen molar-refractivity contribution in [1.82, 2.24) is 20.6 Å². The summed E-state index contributed by atoms with van der Waals surface area (Å²) in [4.78, 5) is 64.9. The molecule has 0 aliphatic carbocycles. The Bertz CT molecular complexity index is 791. The zero-order chi connectivity index (χ0) is 25.5. The monoisotopic (exact) mass is 425 g/mol. The Hall–Kier alpha value is -2.49. The average molecular weight is 425 g/mol. The number of hydrogen-bond donors (Lipinski definition) is 2. The van der Waals surface area contributed by atoms with Crippen LogP contribution in [0.15, 0.2) is 0 Å². The number of amides is 4. The quantitative estimate of drug-likeness (QED) is 0.268. The number of likely N-dealkylation sites (tertiary alicyclic amines) is 1. The summed E-state index contributed by atoms with van der Waals surface area (Å²) in [6.07, 6.45) is -1.50. The molecule has 0 radical (unpaired) electrons. The Labute approximate surface area is 177 Å². The van der Waals surface area contributed by atoms with Gasteiger partial charge < -0.3 is 15.5 Å². The van der Waals surface area contributed by atoms with Crippen molar-refractivity contribution in [3.63, 3.8) is 0 Å². The Morgan fingerprint density at radius 1 is 1.14 bits per heavy atom. The lowest BCUT2D eigenvalue weighted by molar-refractivity contribution is -0.197. The summed E-state index contributed by atoms with van der Waals surface area (Å²) < 4.78 is 37.6.